The number of carbonyl (C=O) groups excluding carboxylic acids is 1. The fraction of sp³-hybridized carbons (Fsp3) is 0.333. The minimum atomic E-state index is 0.0235. The molecular weight excluding hydrogens is 356 g/mol. The van der Waals surface area contributed by atoms with Crippen molar-refractivity contribution in [2.24, 2.45) is 0 Å². The third-order valence-corrected chi connectivity index (χ3v) is 5.17. The molecule has 1 amide bonds. The molecule has 1 aromatic carbocycles. The molecule has 1 aliphatic rings. The molecule has 4 rings (SSSR count). The summed E-state index contributed by atoms with van der Waals surface area (Å²) in [7, 11) is 3.16. The summed E-state index contributed by atoms with van der Waals surface area (Å²) in [6, 6.07) is 11.3. The average molecular weight is 380 g/mol. The van der Waals surface area contributed by atoms with Gasteiger partial charge in [-0.2, -0.15) is 0 Å². The van der Waals surface area contributed by atoms with Crippen molar-refractivity contribution in [1.29, 1.82) is 0 Å². The molecule has 28 heavy (non-hydrogen) atoms. The third kappa shape index (κ3) is 3.53. The molecule has 0 unspecified atom stereocenters. The first-order valence-electron chi connectivity index (χ1n) is 9.34. The Labute approximate surface area is 164 Å². The Hall–Kier alpha value is -3.06. The maximum absolute atomic E-state index is 12.9. The fourth-order valence-corrected chi connectivity index (χ4v) is 3.59. The monoisotopic (exact) mass is 380 g/mol. The molecule has 0 N–H and O–H groups in total. The van der Waals surface area contributed by atoms with E-state index < -0.39 is 0 Å². The lowest BCUT2D eigenvalue weighted by Gasteiger charge is -2.34. The molecule has 0 atom stereocenters. The van der Waals surface area contributed by atoms with Crippen molar-refractivity contribution in [3.8, 4) is 11.5 Å². The first-order chi connectivity index (χ1) is 13.7. The second kappa shape index (κ2) is 7.90. The average Bonchev–Trinajstić information content (AvgIpc) is 3.16. The summed E-state index contributed by atoms with van der Waals surface area (Å²) in [6.45, 7) is 3.88. The number of nitrogens with zero attached hydrogens (tertiary/aromatic N) is 4. The summed E-state index contributed by atoms with van der Waals surface area (Å²) in [5.41, 5.74) is 2.74. The zero-order valence-corrected chi connectivity index (χ0v) is 16.2. The molecule has 0 radical (unpaired) electrons. The molecule has 0 bridgehead atoms. The van der Waals surface area contributed by atoms with Crippen LogP contribution in [-0.4, -0.2) is 65.5 Å². The van der Waals surface area contributed by atoms with Gasteiger partial charge in [-0.15, -0.1) is 0 Å². The van der Waals surface area contributed by atoms with E-state index in [0.29, 0.717) is 30.2 Å². The van der Waals surface area contributed by atoms with Gasteiger partial charge in [0.15, 0.2) is 11.5 Å². The molecule has 0 saturated carbocycles. The number of ether oxygens (including phenoxy) is 2. The zero-order chi connectivity index (χ0) is 19.5. The molecule has 7 nitrogen and oxygen atoms in total. The number of benzene rings is 1. The van der Waals surface area contributed by atoms with E-state index in [4.69, 9.17) is 9.47 Å². The molecule has 7 heteroatoms. The molecule has 146 valence electrons. The van der Waals surface area contributed by atoms with Gasteiger partial charge in [0.1, 0.15) is 5.65 Å². The summed E-state index contributed by atoms with van der Waals surface area (Å²) >= 11 is 0. The molecule has 1 saturated heterocycles. The largest absolute Gasteiger partial charge is 0.493 e. The van der Waals surface area contributed by atoms with Crippen molar-refractivity contribution in [1.82, 2.24) is 19.2 Å². The van der Waals surface area contributed by atoms with Crippen LogP contribution in [0, 0.1) is 0 Å². The van der Waals surface area contributed by atoms with Crippen molar-refractivity contribution in [3.05, 3.63) is 60.0 Å². The quantitative estimate of drug-likeness (QED) is 0.680. The number of amides is 1. The van der Waals surface area contributed by atoms with Crippen LogP contribution >= 0.6 is 0 Å². The van der Waals surface area contributed by atoms with E-state index >= 15 is 0 Å². The molecule has 0 spiro atoms. The molecule has 1 fully saturated rings. The third-order valence-electron chi connectivity index (χ3n) is 5.17. The van der Waals surface area contributed by atoms with Crippen LogP contribution in [0.2, 0.25) is 0 Å². The Balaban J connectivity index is 1.39. The van der Waals surface area contributed by atoms with Crippen LogP contribution in [0.25, 0.3) is 5.65 Å². The van der Waals surface area contributed by atoms with E-state index in [1.54, 1.807) is 32.4 Å². The normalized spacial score (nSPS) is 15.0. The number of piperazine rings is 1. The number of imidazole rings is 1. The van der Waals surface area contributed by atoms with Crippen LogP contribution in [0.5, 0.6) is 11.5 Å². The van der Waals surface area contributed by atoms with Gasteiger partial charge in [-0.1, -0.05) is 6.07 Å². The van der Waals surface area contributed by atoms with Crippen molar-refractivity contribution < 1.29 is 14.3 Å². The van der Waals surface area contributed by atoms with Crippen LogP contribution in [0.4, 0.5) is 0 Å². The van der Waals surface area contributed by atoms with Crippen molar-refractivity contribution in [2.45, 2.75) is 6.54 Å². The summed E-state index contributed by atoms with van der Waals surface area (Å²) in [5, 5.41) is 0. The van der Waals surface area contributed by atoms with Crippen LogP contribution in [-0.2, 0) is 6.54 Å². The number of aromatic nitrogens is 2. The van der Waals surface area contributed by atoms with E-state index in [1.165, 1.54) is 0 Å². The molecule has 2 aromatic heterocycles. The molecular formula is C21H24N4O3. The Bertz CT molecular complexity index is 977. The Morgan fingerprint density at radius 3 is 2.57 bits per heavy atom. The highest BCUT2D eigenvalue weighted by Crippen LogP contribution is 2.28. The van der Waals surface area contributed by atoms with Gasteiger partial charge in [0.05, 0.1) is 26.1 Å². The standard InChI is InChI=1S/C21H24N4O3/c1-27-18-7-6-16(13-19(18)28-2)21(26)24-11-9-23(10-12-24)15-17-14-22-20-5-3-4-8-25(17)20/h3-8,13-14H,9-12,15H2,1-2H3. The number of carbonyl (C=O) groups is 1. The van der Waals surface area contributed by atoms with Gasteiger partial charge in [-0.25, -0.2) is 4.98 Å². The zero-order valence-electron chi connectivity index (χ0n) is 16.2. The number of pyridine rings is 1. The van der Waals surface area contributed by atoms with Gasteiger partial charge in [0, 0.05) is 44.5 Å². The van der Waals surface area contributed by atoms with E-state index in [1.807, 2.05) is 35.5 Å². The molecule has 3 heterocycles. The lowest BCUT2D eigenvalue weighted by atomic mass is 10.1. The maximum Gasteiger partial charge on any atom is 0.254 e. The maximum atomic E-state index is 12.9. The van der Waals surface area contributed by atoms with Gasteiger partial charge in [0.2, 0.25) is 0 Å². The number of hydrogen-bond acceptors (Lipinski definition) is 5. The SMILES string of the molecule is COc1ccc(C(=O)N2CCN(Cc3cnc4ccccn34)CC2)cc1OC. The highest BCUT2D eigenvalue weighted by Gasteiger charge is 2.23. The minimum Gasteiger partial charge on any atom is -0.493 e. The predicted molar refractivity (Wildman–Crippen MR) is 106 cm³/mol. The Morgan fingerprint density at radius 1 is 1.04 bits per heavy atom. The molecule has 1 aliphatic heterocycles. The highest BCUT2D eigenvalue weighted by molar-refractivity contribution is 5.95. The molecule has 0 aliphatic carbocycles. The number of fused-ring (bicyclic) bond motifs is 1. The van der Waals surface area contributed by atoms with Crippen LogP contribution in [0.15, 0.2) is 48.8 Å². The first kappa shape index (κ1) is 18.3. The van der Waals surface area contributed by atoms with Crippen LogP contribution < -0.4 is 9.47 Å². The Kier molecular flexibility index (Phi) is 5.16. The lowest BCUT2D eigenvalue weighted by molar-refractivity contribution is 0.0626. The van der Waals surface area contributed by atoms with E-state index in [0.717, 1.165) is 31.0 Å². The fourth-order valence-electron chi connectivity index (χ4n) is 3.59. The summed E-state index contributed by atoms with van der Waals surface area (Å²) in [6.07, 6.45) is 3.96. The summed E-state index contributed by atoms with van der Waals surface area (Å²) in [4.78, 5) is 21.6. The van der Waals surface area contributed by atoms with Gasteiger partial charge in [-0.3, -0.25) is 9.69 Å². The second-order valence-electron chi connectivity index (χ2n) is 6.82. The number of hydrogen-bond donors (Lipinski definition) is 0. The van der Waals surface area contributed by atoms with Gasteiger partial charge in [0.25, 0.3) is 5.91 Å². The minimum absolute atomic E-state index is 0.0235. The van der Waals surface area contributed by atoms with Crippen molar-refractivity contribution >= 4 is 11.6 Å². The second-order valence-corrected chi connectivity index (χ2v) is 6.82. The van der Waals surface area contributed by atoms with Crippen molar-refractivity contribution in [3.63, 3.8) is 0 Å². The topological polar surface area (TPSA) is 59.3 Å². The van der Waals surface area contributed by atoms with E-state index in [2.05, 4.69) is 14.3 Å². The molecule has 3 aromatic rings. The number of rotatable bonds is 5. The van der Waals surface area contributed by atoms with E-state index in [9.17, 15) is 4.79 Å². The highest BCUT2D eigenvalue weighted by atomic mass is 16.5. The summed E-state index contributed by atoms with van der Waals surface area (Å²) < 4.78 is 12.7. The predicted octanol–water partition coefficient (Wildman–Crippen LogP) is 2.31. The van der Waals surface area contributed by atoms with Gasteiger partial charge in [-0.05, 0) is 30.3 Å². The van der Waals surface area contributed by atoms with Crippen LogP contribution in [0.3, 0.4) is 0 Å². The number of methoxy groups -OCH3 is 2. The van der Waals surface area contributed by atoms with Crippen LogP contribution in [0.1, 0.15) is 16.1 Å². The van der Waals surface area contributed by atoms with Gasteiger partial charge >= 0.3 is 0 Å². The first-order valence-corrected chi connectivity index (χ1v) is 9.34. The van der Waals surface area contributed by atoms with E-state index in [-0.39, 0.29) is 5.91 Å². The summed E-state index contributed by atoms with van der Waals surface area (Å²) in [5.74, 6) is 1.21. The lowest BCUT2D eigenvalue weighted by Crippen LogP contribution is -2.48. The van der Waals surface area contributed by atoms with Crippen molar-refractivity contribution in [2.75, 3.05) is 40.4 Å². The Morgan fingerprint density at radius 2 is 1.82 bits per heavy atom. The smallest absolute Gasteiger partial charge is 0.254 e. The van der Waals surface area contributed by atoms with Gasteiger partial charge < -0.3 is 18.8 Å².